The second-order valence-electron chi connectivity index (χ2n) is 21.1. The number of allylic oxidation sites excluding steroid dienone is 2. The summed E-state index contributed by atoms with van der Waals surface area (Å²) in [4.78, 5) is 0. The third-order valence-electron chi connectivity index (χ3n) is 15.7. The number of rotatable bonds is 19. The van der Waals surface area contributed by atoms with Crippen LogP contribution in [0.25, 0.3) is 11.1 Å². The average Bonchev–Trinajstić information content (AvgIpc) is 3.27. The molecule has 0 aromatic heterocycles. The van der Waals surface area contributed by atoms with E-state index in [2.05, 4.69) is 130 Å². The highest BCUT2D eigenvalue weighted by atomic mass is 35.5. The second kappa shape index (κ2) is 22.2. The maximum absolute atomic E-state index is 5.05. The molecule has 64 heavy (non-hydrogen) atoms. The number of hydrogen-bond acceptors (Lipinski definition) is 0. The molecular weight excluding hydrogens is 816 g/mol. The van der Waals surface area contributed by atoms with E-state index < -0.39 is 0 Å². The highest BCUT2D eigenvalue weighted by Gasteiger charge is 2.42. The van der Waals surface area contributed by atoms with E-state index >= 15 is 0 Å². The molecule has 0 saturated carbocycles. The predicted molar refractivity (Wildman–Crippen MR) is 285 cm³/mol. The van der Waals surface area contributed by atoms with E-state index in [1.54, 1.807) is 22.3 Å². The van der Waals surface area contributed by atoms with Gasteiger partial charge >= 0.3 is 0 Å². The van der Waals surface area contributed by atoms with Gasteiger partial charge < -0.3 is 0 Å². The largest absolute Gasteiger partial charge is 0.125 e. The Kier molecular flexibility index (Phi) is 17.4. The molecule has 8 bridgehead atoms. The first-order valence-corrected chi connectivity index (χ1v) is 26.9. The first-order valence-electron chi connectivity index (χ1n) is 25.8. The van der Waals surface area contributed by atoms with Gasteiger partial charge in [-0.2, -0.15) is 0 Å². The molecule has 0 radical (unpaired) electrons. The van der Waals surface area contributed by atoms with Gasteiger partial charge in [0.1, 0.15) is 0 Å². The molecule has 0 spiro atoms. The molecule has 0 nitrogen and oxygen atoms in total. The van der Waals surface area contributed by atoms with Crippen molar-refractivity contribution in [2.45, 2.75) is 206 Å². The molecule has 4 aromatic rings. The Balaban J connectivity index is 0.00000163. The maximum atomic E-state index is 5.05. The Morgan fingerprint density at radius 3 is 1.03 bits per heavy atom. The van der Waals surface area contributed by atoms with Crippen molar-refractivity contribution in [2.75, 3.05) is 11.8 Å². The van der Waals surface area contributed by atoms with Crippen LogP contribution in [-0.4, -0.2) is 11.8 Å². The van der Waals surface area contributed by atoms with Crippen molar-refractivity contribution in [3.05, 3.63) is 152 Å². The molecule has 0 fully saturated rings. The Hall–Kier alpha value is -3.06. The molecule has 4 aromatic carbocycles. The van der Waals surface area contributed by atoms with Crippen LogP contribution in [-0.2, 0) is 10.8 Å². The van der Waals surface area contributed by atoms with Crippen LogP contribution in [0.1, 0.15) is 274 Å². The molecule has 0 unspecified atom stereocenters. The van der Waals surface area contributed by atoms with Crippen LogP contribution in [0.2, 0.25) is 0 Å². The van der Waals surface area contributed by atoms with E-state index in [-0.39, 0.29) is 10.8 Å². The molecule has 0 amide bonds. The van der Waals surface area contributed by atoms with Crippen LogP contribution in [0.3, 0.4) is 0 Å². The number of halogens is 2. The molecule has 346 valence electrons. The predicted octanol–water partition coefficient (Wildman–Crippen LogP) is 19.7. The van der Waals surface area contributed by atoms with Gasteiger partial charge in [-0.3, -0.25) is 0 Å². The normalized spacial score (nSPS) is 19.5. The van der Waals surface area contributed by atoms with E-state index in [4.69, 9.17) is 36.4 Å². The molecule has 0 aliphatic heterocycles. The van der Waals surface area contributed by atoms with Gasteiger partial charge in [0.25, 0.3) is 0 Å². The van der Waals surface area contributed by atoms with Crippen molar-refractivity contribution >= 4 is 34.3 Å². The average molecular weight is 900 g/mol. The van der Waals surface area contributed by atoms with E-state index in [1.807, 2.05) is 0 Å². The molecule has 4 atom stereocenters. The third-order valence-corrected chi connectivity index (χ3v) is 16.3. The summed E-state index contributed by atoms with van der Waals surface area (Å²) in [5.74, 6) is 2.52. The highest BCUT2D eigenvalue weighted by Crippen LogP contribution is 2.55. The van der Waals surface area contributed by atoms with Gasteiger partial charge in [-0.1, -0.05) is 217 Å². The van der Waals surface area contributed by atoms with E-state index in [1.165, 1.54) is 170 Å². The Labute approximate surface area is 402 Å². The van der Waals surface area contributed by atoms with Crippen molar-refractivity contribution in [3.63, 3.8) is 0 Å². The number of unbranched alkanes of at least 4 members (excludes halogenated alkanes) is 8. The number of benzene rings is 4. The summed E-state index contributed by atoms with van der Waals surface area (Å²) in [5, 5.41) is 0. The number of fused-ring (bicyclic) bond motifs is 4. The van der Waals surface area contributed by atoms with Gasteiger partial charge in [0, 0.05) is 46.3 Å². The van der Waals surface area contributed by atoms with Crippen LogP contribution in [0.5, 0.6) is 0 Å². The first-order chi connectivity index (χ1) is 30.7. The smallest absolute Gasteiger partial charge is 0.0359 e. The lowest BCUT2D eigenvalue weighted by Crippen LogP contribution is -2.31. The van der Waals surface area contributed by atoms with E-state index in [0.717, 1.165) is 0 Å². The molecule has 0 saturated heterocycles. The quantitative estimate of drug-likeness (QED) is 0.0650. The third kappa shape index (κ3) is 10.1. The molecule has 3 aliphatic carbocycles. The lowest BCUT2D eigenvalue weighted by molar-refractivity contribution is 0.536. The Morgan fingerprint density at radius 1 is 0.422 bits per heavy atom. The Bertz CT molecular complexity index is 2090. The fourth-order valence-corrected chi connectivity index (χ4v) is 12.2. The second-order valence-corrected chi connectivity index (χ2v) is 21.9. The minimum Gasteiger partial charge on any atom is -0.125 e. The van der Waals surface area contributed by atoms with Crippen LogP contribution < -0.4 is 0 Å². The van der Waals surface area contributed by atoms with E-state index in [0.29, 0.717) is 35.4 Å². The summed E-state index contributed by atoms with van der Waals surface area (Å²) in [6.45, 7) is 33.4. The van der Waals surface area contributed by atoms with Crippen molar-refractivity contribution in [1.82, 2.24) is 0 Å². The van der Waals surface area contributed by atoms with E-state index in [9.17, 15) is 0 Å². The number of alkyl halides is 2. The van der Waals surface area contributed by atoms with Crippen LogP contribution in [0.15, 0.2) is 73.8 Å². The van der Waals surface area contributed by atoms with Crippen molar-refractivity contribution in [2.24, 2.45) is 0 Å². The zero-order chi connectivity index (χ0) is 46.3. The van der Waals surface area contributed by atoms with Gasteiger partial charge in [0.05, 0.1) is 0 Å². The van der Waals surface area contributed by atoms with Gasteiger partial charge in [0.15, 0.2) is 0 Å². The zero-order valence-corrected chi connectivity index (χ0v) is 43.5. The lowest BCUT2D eigenvalue weighted by atomic mass is 9.61. The molecule has 2 heteroatoms. The van der Waals surface area contributed by atoms with Gasteiger partial charge in [0.2, 0.25) is 0 Å². The van der Waals surface area contributed by atoms with Crippen molar-refractivity contribution in [3.8, 4) is 0 Å². The zero-order valence-electron chi connectivity index (χ0n) is 42.0. The maximum Gasteiger partial charge on any atom is 0.0359 e. The standard InChI is InChI=1S/C60H80.C2H4Cl2/c1-13-17-21-25-43-41-29-31-55-51(33-41)45(27-23-19-15-3)54-36-50(48(40(7)8)38-58(54)59(55,9)10)44(26-22-18-14-2)42-30-32-56-52(34-42)46(28-24-20-16-4)53-35-49(43)47(39(5)6)37-57(53)60(56,11)12;3-1-2-4/h29-38,43-46H,5,7,13-28H2,1-4,6,8-12H3;1-2H2/t43-,44-,45+,46+;/m1./s1. The SMILES string of the molecule is C=C(C)c1cc2c3cc1[C@H](CCCCC)c1ccc4c(c1)[C@H](CCCCC)c1cc(c(C(=C)C)cc1C4(C)C)[C@H](CCCCC)c1ccc(c(c1)[C@@H]3CCCCC)C2(C)C.ClCCCl. The Morgan fingerprint density at radius 2 is 0.734 bits per heavy atom. The molecular formula is C62H84Cl2. The topological polar surface area (TPSA) is 0 Å². The highest BCUT2D eigenvalue weighted by molar-refractivity contribution is 6.25. The summed E-state index contributed by atoms with van der Waals surface area (Å²) >= 11 is 10.1. The number of hydrogen-bond donors (Lipinski definition) is 0. The summed E-state index contributed by atoms with van der Waals surface area (Å²) in [6, 6.07) is 26.5. The first kappa shape index (κ1) is 50.4. The van der Waals surface area contributed by atoms with Crippen LogP contribution in [0.4, 0.5) is 0 Å². The molecule has 3 aliphatic rings. The van der Waals surface area contributed by atoms with Gasteiger partial charge in [-0.25, -0.2) is 0 Å². The summed E-state index contributed by atoms with van der Waals surface area (Å²) in [5.41, 5.74) is 23.4. The van der Waals surface area contributed by atoms with Crippen molar-refractivity contribution < 1.29 is 0 Å². The summed E-state index contributed by atoms with van der Waals surface area (Å²) in [6.07, 6.45) is 19.8. The van der Waals surface area contributed by atoms with Crippen LogP contribution in [0, 0.1) is 0 Å². The fraction of sp³-hybridized carbons (Fsp3) is 0.548. The van der Waals surface area contributed by atoms with Gasteiger partial charge in [-0.15, -0.1) is 23.2 Å². The molecule has 0 heterocycles. The van der Waals surface area contributed by atoms with Gasteiger partial charge in [-0.05, 0) is 117 Å². The summed E-state index contributed by atoms with van der Waals surface area (Å²) < 4.78 is 0. The lowest BCUT2D eigenvalue weighted by Gasteiger charge is -2.43. The van der Waals surface area contributed by atoms with Crippen molar-refractivity contribution in [1.29, 1.82) is 0 Å². The minimum absolute atomic E-state index is 0.112. The molecule has 0 N–H and O–H groups in total. The monoisotopic (exact) mass is 899 g/mol. The van der Waals surface area contributed by atoms with Crippen LogP contribution >= 0.6 is 23.2 Å². The fourth-order valence-electron chi connectivity index (χ4n) is 12.2. The summed E-state index contributed by atoms with van der Waals surface area (Å²) in [7, 11) is 0. The molecule has 7 rings (SSSR count). The minimum atomic E-state index is -0.112.